The summed E-state index contributed by atoms with van der Waals surface area (Å²) < 4.78 is 31.9. The van der Waals surface area contributed by atoms with E-state index in [0.29, 0.717) is 0 Å². The molecule has 106 valence electrons. The lowest BCUT2D eigenvalue weighted by molar-refractivity contribution is -0.266. The zero-order valence-corrected chi connectivity index (χ0v) is 9.84. The van der Waals surface area contributed by atoms with E-state index in [1.807, 2.05) is 0 Å². The summed E-state index contributed by atoms with van der Waals surface area (Å²) in [7, 11) is 1.46. The van der Waals surface area contributed by atoms with Crippen molar-refractivity contribution in [1.29, 1.82) is 0 Å². The predicted octanol–water partition coefficient (Wildman–Crippen LogP) is -0.805. The van der Waals surface area contributed by atoms with Gasteiger partial charge >= 0.3 is 11.8 Å². The number of halogens is 2. The van der Waals surface area contributed by atoms with Crippen molar-refractivity contribution in [3.8, 4) is 0 Å². The van der Waals surface area contributed by atoms with Crippen LogP contribution in [0.2, 0.25) is 0 Å². The Morgan fingerprint density at radius 3 is 2.72 bits per heavy atom. The second-order valence-electron chi connectivity index (χ2n) is 4.21. The number of likely N-dealkylation sites (N-methyl/N-ethyl adjacent to an activating group) is 1. The van der Waals surface area contributed by atoms with Crippen molar-refractivity contribution in [1.82, 2.24) is 5.32 Å². The van der Waals surface area contributed by atoms with Gasteiger partial charge in [0, 0.05) is 19.1 Å². The molecule has 0 radical (unpaired) electrons. The van der Waals surface area contributed by atoms with Crippen LogP contribution in [0.15, 0.2) is 0 Å². The van der Waals surface area contributed by atoms with Gasteiger partial charge < -0.3 is 25.4 Å². The summed E-state index contributed by atoms with van der Waals surface area (Å²) in [5.41, 5.74) is 0. The highest BCUT2D eigenvalue weighted by Crippen LogP contribution is 2.35. The summed E-state index contributed by atoms with van der Waals surface area (Å²) in [6, 6.07) is -0.732. The van der Waals surface area contributed by atoms with E-state index in [4.69, 9.17) is 10.2 Å². The highest BCUT2D eigenvalue weighted by Gasteiger charge is 2.57. The first-order valence-electron chi connectivity index (χ1n) is 5.57. The van der Waals surface area contributed by atoms with Crippen molar-refractivity contribution in [2.75, 3.05) is 13.7 Å². The lowest BCUT2D eigenvalue weighted by atomic mass is 9.91. The topological polar surface area (TPSA) is 99.0 Å². The van der Waals surface area contributed by atoms with Gasteiger partial charge in [0.2, 0.25) is 0 Å². The first kappa shape index (κ1) is 15.2. The molecule has 0 aromatic rings. The molecule has 5 unspecified atom stereocenters. The SMILES string of the molecule is CNC1CC(F)C(F)(C(=O)O)OC1C(O)CCO. The van der Waals surface area contributed by atoms with E-state index in [-0.39, 0.29) is 13.0 Å². The lowest BCUT2D eigenvalue weighted by Gasteiger charge is -2.41. The van der Waals surface area contributed by atoms with Crippen molar-refractivity contribution in [3.63, 3.8) is 0 Å². The minimum atomic E-state index is -3.46. The fourth-order valence-corrected chi connectivity index (χ4v) is 1.97. The molecular formula is C10H17F2NO5. The Kier molecular flexibility index (Phi) is 4.97. The third-order valence-electron chi connectivity index (χ3n) is 3.03. The quantitative estimate of drug-likeness (QED) is 0.521. The molecule has 4 N–H and O–H groups in total. The van der Waals surface area contributed by atoms with Gasteiger partial charge in [-0.3, -0.25) is 0 Å². The maximum absolute atomic E-state index is 13.9. The minimum Gasteiger partial charge on any atom is -0.477 e. The van der Waals surface area contributed by atoms with E-state index in [9.17, 15) is 18.7 Å². The van der Waals surface area contributed by atoms with Gasteiger partial charge in [-0.2, -0.15) is 4.39 Å². The van der Waals surface area contributed by atoms with Crippen molar-refractivity contribution < 1.29 is 33.6 Å². The van der Waals surface area contributed by atoms with Crippen LogP contribution < -0.4 is 5.32 Å². The maximum Gasteiger partial charge on any atom is 0.372 e. The van der Waals surface area contributed by atoms with Crippen molar-refractivity contribution in [2.45, 2.75) is 43.1 Å². The lowest BCUT2D eigenvalue weighted by Crippen LogP contribution is -2.62. The highest BCUT2D eigenvalue weighted by molar-refractivity contribution is 5.76. The Hall–Kier alpha value is -0.830. The molecule has 0 saturated carbocycles. The molecule has 1 saturated heterocycles. The van der Waals surface area contributed by atoms with E-state index in [1.165, 1.54) is 7.05 Å². The van der Waals surface area contributed by atoms with Gasteiger partial charge in [-0.05, 0) is 13.5 Å². The Morgan fingerprint density at radius 1 is 1.67 bits per heavy atom. The van der Waals surface area contributed by atoms with Crippen LogP contribution in [0.3, 0.4) is 0 Å². The van der Waals surface area contributed by atoms with Gasteiger partial charge in [0.15, 0.2) is 6.17 Å². The van der Waals surface area contributed by atoms with Crippen LogP contribution in [0.5, 0.6) is 0 Å². The summed E-state index contributed by atoms with van der Waals surface area (Å²) in [6.45, 7) is -0.372. The molecule has 1 heterocycles. The second-order valence-corrected chi connectivity index (χ2v) is 4.21. The number of aliphatic hydroxyl groups excluding tert-OH is 2. The molecule has 1 aliphatic rings. The number of rotatable bonds is 5. The van der Waals surface area contributed by atoms with Gasteiger partial charge in [-0.1, -0.05) is 0 Å². The number of carboxylic acid groups (broad SMARTS) is 1. The number of ether oxygens (including phenoxy) is 1. The number of aliphatic carboxylic acids is 1. The molecule has 0 aromatic carbocycles. The van der Waals surface area contributed by atoms with Gasteiger partial charge in [0.1, 0.15) is 6.10 Å². The van der Waals surface area contributed by atoms with Crippen molar-refractivity contribution in [2.24, 2.45) is 0 Å². The number of carbonyl (C=O) groups is 1. The Bertz CT molecular complexity index is 306. The average Bonchev–Trinajstić information content (AvgIpc) is 2.32. The van der Waals surface area contributed by atoms with Gasteiger partial charge in [0.25, 0.3) is 0 Å². The molecule has 5 atom stereocenters. The molecule has 0 amide bonds. The molecule has 8 heteroatoms. The van der Waals surface area contributed by atoms with Crippen LogP contribution in [-0.2, 0) is 9.53 Å². The Balaban J connectivity index is 2.90. The van der Waals surface area contributed by atoms with Crippen molar-refractivity contribution in [3.05, 3.63) is 0 Å². The molecule has 18 heavy (non-hydrogen) atoms. The van der Waals surface area contributed by atoms with Gasteiger partial charge in [-0.25, -0.2) is 9.18 Å². The summed E-state index contributed by atoms with van der Waals surface area (Å²) in [5.74, 6) is -5.53. The zero-order chi connectivity index (χ0) is 13.9. The summed E-state index contributed by atoms with van der Waals surface area (Å²) >= 11 is 0. The standard InChI is InChI=1S/C10H17F2NO5/c1-13-5-4-7(11)10(12,9(16)17)18-8(5)6(15)2-3-14/h5-8,13-15H,2-4H2,1H3,(H,16,17). The maximum atomic E-state index is 13.9. The predicted molar refractivity (Wildman–Crippen MR) is 56.4 cm³/mol. The Labute approximate surface area is 103 Å². The Morgan fingerprint density at radius 2 is 2.28 bits per heavy atom. The van der Waals surface area contributed by atoms with E-state index in [1.54, 1.807) is 0 Å². The third kappa shape index (κ3) is 2.77. The molecule has 0 aromatic heterocycles. The molecule has 1 rings (SSSR count). The van der Waals surface area contributed by atoms with E-state index in [2.05, 4.69) is 10.1 Å². The van der Waals surface area contributed by atoms with Crippen LogP contribution >= 0.6 is 0 Å². The first-order valence-corrected chi connectivity index (χ1v) is 5.57. The van der Waals surface area contributed by atoms with Crippen LogP contribution in [-0.4, -0.2) is 65.2 Å². The van der Waals surface area contributed by atoms with Crippen molar-refractivity contribution >= 4 is 5.97 Å². The molecule has 1 aliphatic heterocycles. The molecule has 0 aliphatic carbocycles. The number of aliphatic hydroxyl groups is 2. The molecule has 6 nitrogen and oxygen atoms in total. The fourth-order valence-electron chi connectivity index (χ4n) is 1.97. The van der Waals surface area contributed by atoms with E-state index >= 15 is 0 Å². The third-order valence-corrected chi connectivity index (χ3v) is 3.03. The number of hydrogen-bond donors (Lipinski definition) is 4. The van der Waals surface area contributed by atoms with Gasteiger partial charge in [0.05, 0.1) is 6.10 Å². The number of alkyl halides is 2. The number of nitrogens with one attached hydrogen (secondary N) is 1. The van der Waals surface area contributed by atoms with Gasteiger partial charge in [-0.15, -0.1) is 0 Å². The zero-order valence-electron chi connectivity index (χ0n) is 9.84. The molecule has 0 bridgehead atoms. The molecule has 1 fully saturated rings. The number of carboxylic acids is 1. The summed E-state index contributed by atoms with van der Waals surface area (Å²) in [4.78, 5) is 10.7. The smallest absolute Gasteiger partial charge is 0.372 e. The van der Waals surface area contributed by atoms with E-state index in [0.717, 1.165) is 0 Å². The molecular weight excluding hydrogens is 252 g/mol. The largest absolute Gasteiger partial charge is 0.477 e. The minimum absolute atomic E-state index is 0.116. The first-order chi connectivity index (χ1) is 8.36. The van der Waals surface area contributed by atoms with Crippen LogP contribution in [0, 0.1) is 0 Å². The van der Waals surface area contributed by atoms with Crippen LogP contribution in [0.1, 0.15) is 12.8 Å². The second kappa shape index (κ2) is 5.87. The van der Waals surface area contributed by atoms with E-state index < -0.39 is 42.7 Å². The number of hydrogen-bond acceptors (Lipinski definition) is 5. The summed E-state index contributed by atoms with van der Waals surface area (Å²) in [6.07, 6.45) is -5.41. The van der Waals surface area contributed by atoms with Crippen LogP contribution in [0.25, 0.3) is 0 Å². The monoisotopic (exact) mass is 269 g/mol. The highest BCUT2D eigenvalue weighted by atomic mass is 19.2. The average molecular weight is 269 g/mol. The van der Waals surface area contributed by atoms with Crippen LogP contribution in [0.4, 0.5) is 8.78 Å². The summed E-state index contributed by atoms with van der Waals surface area (Å²) in [5, 5.41) is 29.7. The fraction of sp³-hybridized carbons (Fsp3) is 0.900. The normalized spacial score (nSPS) is 38.4. The molecule has 0 spiro atoms.